The minimum absolute atomic E-state index is 0.0183. The number of nitrogens with zero attached hydrogens (tertiary/aromatic N) is 1. The van der Waals surface area contributed by atoms with Crippen molar-refractivity contribution in [2.24, 2.45) is 0 Å². The SMILES string of the molecule is O=C1OCCCN1CCOCCO. The fraction of sp³-hybridized carbons (Fsp3) is 0.875. The molecule has 0 radical (unpaired) electrons. The zero-order valence-electron chi connectivity index (χ0n) is 7.57. The monoisotopic (exact) mass is 189 g/mol. The maximum Gasteiger partial charge on any atom is 0.409 e. The quantitative estimate of drug-likeness (QED) is 0.610. The van der Waals surface area contributed by atoms with Crippen LogP contribution in [0.15, 0.2) is 0 Å². The number of carbonyl (C=O) groups excluding carboxylic acids is 1. The maximum absolute atomic E-state index is 11.1. The van der Waals surface area contributed by atoms with Crippen molar-refractivity contribution in [3.8, 4) is 0 Å². The summed E-state index contributed by atoms with van der Waals surface area (Å²) in [5.41, 5.74) is 0. The minimum Gasteiger partial charge on any atom is -0.449 e. The molecule has 1 heterocycles. The number of carbonyl (C=O) groups is 1. The highest BCUT2D eigenvalue weighted by atomic mass is 16.6. The third kappa shape index (κ3) is 3.61. The van der Waals surface area contributed by atoms with E-state index in [0.717, 1.165) is 13.0 Å². The average Bonchev–Trinajstić information content (AvgIpc) is 2.15. The van der Waals surface area contributed by atoms with Gasteiger partial charge in [-0.25, -0.2) is 4.79 Å². The van der Waals surface area contributed by atoms with E-state index in [2.05, 4.69) is 0 Å². The van der Waals surface area contributed by atoms with Crippen LogP contribution in [0.5, 0.6) is 0 Å². The summed E-state index contributed by atoms with van der Waals surface area (Å²) in [7, 11) is 0. The van der Waals surface area contributed by atoms with E-state index in [1.54, 1.807) is 4.90 Å². The molecule has 0 aromatic carbocycles. The fourth-order valence-electron chi connectivity index (χ4n) is 1.14. The molecular weight excluding hydrogens is 174 g/mol. The summed E-state index contributed by atoms with van der Waals surface area (Å²) in [6, 6.07) is 0. The first kappa shape index (κ1) is 10.3. The summed E-state index contributed by atoms with van der Waals surface area (Å²) in [6.45, 7) is 2.59. The van der Waals surface area contributed by atoms with Gasteiger partial charge < -0.3 is 19.5 Å². The number of rotatable bonds is 5. The molecule has 0 aromatic heterocycles. The van der Waals surface area contributed by atoms with Crippen molar-refractivity contribution in [2.75, 3.05) is 39.5 Å². The van der Waals surface area contributed by atoms with Crippen LogP contribution >= 0.6 is 0 Å². The molecule has 5 nitrogen and oxygen atoms in total. The third-order valence-corrected chi connectivity index (χ3v) is 1.80. The first-order valence-electron chi connectivity index (χ1n) is 4.45. The normalized spacial score (nSPS) is 17.3. The van der Waals surface area contributed by atoms with E-state index in [9.17, 15) is 4.79 Å². The Morgan fingerprint density at radius 3 is 3.08 bits per heavy atom. The second-order valence-electron chi connectivity index (χ2n) is 2.79. The summed E-state index contributed by atoms with van der Waals surface area (Å²) in [5.74, 6) is 0. The number of hydrogen-bond acceptors (Lipinski definition) is 4. The van der Waals surface area contributed by atoms with E-state index in [0.29, 0.717) is 26.4 Å². The lowest BCUT2D eigenvalue weighted by atomic mass is 10.4. The summed E-state index contributed by atoms with van der Waals surface area (Å²) in [5, 5.41) is 8.42. The van der Waals surface area contributed by atoms with Crippen molar-refractivity contribution >= 4 is 6.09 Å². The van der Waals surface area contributed by atoms with Gasteiger partial charge in [-0.05, 0) is 6.42 Å². The lowest BCUT2D eigenvalue weighted by molar-refractivity contribution is 0.0439. The predicted octanol–water partition coefficient (Wildman–Crippen LogP) is -0.162. The van der Waals surface area contributed by atoms with Crippen LogP contribution in [0.4, 0.5) is 4.79 Å². The predicted molar refractivity (Wildman–Crippen MR) is 45.4 cm³/mol. The van der Waals surface area contributed by atoms with Crippen molar-refractivity contribution in [3.05, 3.63) is 0 Å². The molecule has 1 saturated heterocycles. The number of aliphatic hydroxyl groups is 1. The molecular formula is C8H15NO4. The van der Waals surface area contributed by atoms with Gasteiger partial charge in [0.1, 0.15) is 0 Å². The fourth-order valence-corrected chi connectivity index (χ4v) is 1.14. The summed E-state index contributed by atoms with van der Waals surface area (Å²) in [4.78, 5) is 12.7. The van der Waals surface area contributed by atoms with Gasteiger partial charge in [-0.1, -0.05) is 0 Å². The van der Waals surface area contributed by atoms with Gasteiger partial charge >= 0.3 is 6.09 Å². The molecule has 5 heteroatoms. The maximum atomic E-state index is 11.1. The topological polar surface area (TPSA) is 59.0 Å². The lowest BCUT2D eigenvalue weighted by Crippen LogP contribution is -2.39. The molecule has 0 saturated carbocycles. The lowest BCUT2D eigenvalue weighted by Gasteiger charge is -2.25. The molecule has 1 aliphatic heterocycles. The van der Waals surface area contributed by atoms with Crippen LogP contribution in [0.25, 0.3) is 0 Å². The molecule has 0 spiro atoms. The van der Waals surface area contributed by atoms with Crippen LogP contribution in [0, 0.1) is 0 Å². The highest BCUT2D eigenvalue weighted by Crippen LogP contribution is 2.03. The van der Waals surface area contributed by atoms with Gasteiger partial charge in [0.05, 0.1) is 26.4 Å². The standard InChI is InChI=1S/C8H15NO4/c10-4-7-12-6-3-9-2-1-5-13-8(9)11/h10H,1-7H2. The van der Waals surface area contributed by atoms with Crippen molar-refractivity contribution < 1.29 is 19.4 Å². The Morgan fingerprint density at radius 2 is 2.38 bits per heavy atom. The van der Waals surface area contributed by atoms with Gasteiger partial charge in [-0.3, -0.25) is 0 Å². The molecule has 13 heavy (non-hydrogen) atoms. The zero-order chi connectivity index (χ0) is 9.52. The summed E-state index contributed by atoms with van der Waals surface area (Å²) < 4.78 is 9.86. The highest BCUT2D eigenvalue weighted by Gasteiger charge is 2.18. The molecule has 76 valence electrons. The van der Waals surface area contributed by atoms with Gasteiger partial charge in [0.25, 0.3) is 0 Å². The van der Waals surface area contributed by atoms with Crippen LogP contribution in [0.1, 0.15) is 6.42 Å². The Balaban J connectivity index is 2.08. The van der Waals surface area contributed by atoms with Crippen LogP contribution in [-0.4, -0.2) is 55.6 Å². The first-order chi connectivity index (χ1) is 6.34. The Hall–Kier alpha value is -0.810. The highest BCUT2D eigenvalue weighted by molar-refractivity contribution is 5.68. The van der Waals surface area contributed by atoms with Crippen molar-refractivity contribution in [1.29, 1.82) is 0 Å². The van der Waals surface area contributed by atoms with Crippen molar-refractivity contribution in [2.45, 2.75) is 6.42 Å². The van der Waals surface area contributed by atoms with E-state index in [-0.39, 0.29) is 12.7 Å². The van der Waals surface area contributed by atoms with Crippen molar-refractivity contribution in [1.82, 2.24) is 4.90 Å². The number of ether oxygens (including phenoxy) is 2. The van der Waals surface area contributed by atoms with E-state index in [1.807, 2.05) is 0 Å². The molecule has 0 bridgehead atoms. The van der Waals surface area contributed by atoms with E-state index in [4.69, 9.17) is 14.6 Å². The Morgan fingerprint density at radius 1 is 1.54 bits per heavy atom. The molecule has 1 amide bonds. The van der Waals surface area contributed by atoms with E-state index in [1.165, 1.54) is 0 Å². The number of amides is 1. The molecule has 1 N–H and O–H groups in total. The van der Waals surface area contributed by atoms with Gasteiger partial charge in [0.2, 0.25) is 0 Å². The summed E-state index contributed by atoms with van der Waals surface area (Å²) in [6.07, 6.45) is 0.616. The molecule has 0 unspecified atom stereocenters. The molecule has 0 aromatic rings. The molecule has 0 atom stereocenters. The summed E-state index contributed by atoms with van der Waals surface area (Å²) >= 11 is 0. The number of aliphatic hydroxyl groups excluding tert-OH is 1. The van der Waals surface area contributed by atoms with Crippen LogP contribution in [0.3, 0.4) is 0 Å². The van der Waals surface area contributed by atoms with E-state index < -0.39 is 0 Å². The Kier molecular flexibility index (Phi) is 4.56. The van der Waals surface area contributed by atoms with Gasteiger partial charge in [0.15, 0.2) is 0 Å². The number of cyclic esters (lactones) is 1. The second kappa shape index (κ2) is 5.77. The third-order valence-electron chi connectivity index (χ3n) is 1.80. The van der Waals surface area contributed by atoms with Crippen LogP contribution in [0.2, 0.25) is 0 Å². The largest absolute Gasteiger partial charge is 0.449 e. The van der Waals surface area contributed by atoms with Crippen molar-refractivity contribution in [3.63, 3.8) is 0 Å². The van der Waals surface area contributed by atoms with Gasteiger partial charge in [-0.15, -0.1) is 0 Å². The van der Waals surface area contributed by atoms with Gasteiger partial charge in [0, 0.05) is 13.1 Å². The number of hydrogen-bond donors (Lipinski definition) is 1. The first-order valence-corrected chi connectivity index (χ1v) is 4.45. The molecule has 1 aliphatic rings. The van der Waals surface area contributed by atoms with E-state index >= 15 is 0 Å². The second-order valence-corrected chi connectivity index (χ2v) is 2.79. The molecule has 0 aliphatic carbocycles. The molecule has 1 rings (SSSR count). The molecule has 1 fully saturated rings. The van der Waals surface area contributed by atoms with Gasteiger partial charge in [-0.2, -0.15) is 0 Å². The van der Waals surface area contributed by atoms with Crippen LogP contribution in [-0.2, 0) is 9.47 Å². The zero-order valence-corrected chi connectivity index (χ0v) is 7.57. The Labute approximate surface area is 77.2 Å². The minimum atomic E-state index is -0.265. The average molecular weight is 189 g/mol. The Bertz CT molecular complexity index is 162. The van der Waals surface area contributed by atoms with Crippen LogP contribution < -0.4 is 0 Å². The smallest absolute Gasteiger partial charge is 0.409 e.